The Morgan fingerprint density at radius 3 is 2.85 bits per heavy atom. The molecule has 0 radical (unpaired) electrons. The lowest BCUT2D eigenvalue weighted by molar-refractivity contribution is -0.384. The van der Waals surface area contributed by atoms with E-state index in [1.807, 2.05) is 0 Å². The van der Waals surface area contributed by atoms with E-state index in [0.717, 1.165) is 0 Å². The third kappa shape index (κ3) is 2.75. The van der Waals surface area contributed by atoms with Crippen LogP contribution in [0.1, 0.15) is 6.42 Å². The van der Waals surface area contributed by atoms with Crippen molar-refractivity contribution in [3.63, 3.8) is 0 Å². The van der Waals surface area contributed by atoms with Gasteiger partial charge in [0.1, 0.15) is 11.7 Å². The van der Waals surface area contributed by atoms with Crippen LogP contribution in [0.2, 0.25) is 0 Å². The number of ether oxygens (including phenoxy) is 1. The van der Waals surface area contributed by atoms with Gasteiger partial charge in [-0.1, -0.05) is 15.9 Å². The molecule has 1 fully saturated rings. The highest BCUT2D eigenvalue weighted by atomic mass is 79.9. The summed E-state index contributed by atoms with van der Waals surface area (Å²) < 4.78 is 5.84. The molecular formula is C12H13BrN2O5. The van der Waals surface area contributed by atoms with Crippen molar-refractivity contribution in [2.45, 2.75) is 18.6 Å². The second-order valence-electron chi connectivity index (χ2n) is 4.49. The predicted molar refractivity (Wildman–Crippen MR) is 75.0 cm³/mol. The van der Waals surface area contributed by atoms with Crippen LogP contribution in [-0.4, -0.2) is 41.8 Å². The lowest BCUT2D eigenvalue weighted by atomic mass is 10.2. The number of hydrogen-bond donors (Lipinski definition) is 1. The molecule has 2 unspecified atom stereocenters. The van der Waals surface area contributed by atoms with Gasteiger partial charge in [-0.25, -0.2) is 4.79 Å². The highest BCUT2D eigenvalue weighted by Crippen LogP contribution is 2.36. The minimum absolute atomic E-state index is 0.115. The van der Waals surface area contributed by atoms with Gasteiger partial charge in [0.25, 0.3) is 5.69 Å². The van der Waals surface area contributed by atoms with Crippen LogP contribution in [0, 0.1) is 10.1 Å². The minimum Gasteiger partial charge on any atom is -0.480 e. The van der Waals surface area contributed by atoms with Crippen LogP contribution in [0.5, 0.6) is 0 Å². The van der Waals surface area contributed by atoms with Crippen LogP contribution in [-0.2, 0) is 9.53 Å². The van der Waals surface area contributed by atoms with Crippen molar-refractivity contribution >= 4 is 33.3 Å². The number of benzene rings is 1. The average Bonchev–Trinajstić information content (AvgIpc) is 2.82. The number of rotatable bonds is 4. The number of nitro groups is 1. The Bertz CT molecular complexity index is 551. The smallest absolute Gasteiger partial charge is 0.326 e. The van der Waals surface area contributed by atoms with Gasteiger partial charge in [-0.05, 0) is 12.1 Å². The second-order valence-corrected chi connectivity index (χ2v) is 5.41. The van der Waals surface area contributed by atoms with E-state index in [1.165, 1.54) is 18.1 Å². The van der Waals surface area contributed by atoms with Crippen molar-refractivity contribution < 1.29 is 19.6 Å². The van der Waals surface area contributed by atoms with Crippen LogP contribution in [0.15, 0.2) is 22.7 Å². The molecule has 2 atom stereocenters. The summed E-state index contributed by atoms with van der Waals surface area (Å²) in [4.78, 5) is 23.4. The maximum Gasteiger partial charge on any atom is 0.326 e. The first-order valence-electron chi connectivity index (χ1n) is 5.90. The van der Waals surface area contributed by atoms with Crippen molar-refractivity contribution in [3.05, 3.63) is 32.8 Å². The van der Waals surface area contributed by atoms with E-state index in [1.54, 1.807) is 12.1 Å². The molecule has 108 valence electrons. The highest BCUT2D eigenvalue weighted by molar-refractivity contribution is 9.10. The van der Waals surface area contributed by atoms with Gasteiger partial charge in [-0.15, -0.1) is 0 Å². The molecule has 20 heavy (non-hydrogen) atoms. The number of nitro benzene ring substituents is 1. The quantitative estimate of drug-likeness (QED) is 0.663. The molecule has 1 N–H and O–H groups in total. The minimum atomic E-state index is -1.01. The maximum atomic E-state index is 11.3. The molecule has 0 spiro atoms. The monoisotopic (exact) mass is 344 g/mol. The van der Waals surface area contributed by atoms with Crippen LogP contribution < -0.4 is 4.90 Å². The van der Waals surface area contributed by atoms with Crippen molar-refractivity contribution in [1.82, 2.24) is 0 Å². The maximum absolute atomic E-state index is 11.3. The average molecular weight is 345 g/mol. The summed E-state index contributed by atoms with van der Waals surface area (Å²) >= 11 is 3.25. The molecular weight excluding hydrogens is 332 g/mol. The van der Waals surface area contributed by atoms with E-state index in [4.69, 9.17) is 4.74 Å². The van der Waals surface area contributed by atoms with Gasteiger partial charge in [0, 0.05) is 30.6 Å². The SMILES string of the molecule is COC1CC(C(=O)O)N(c2cc(Br)ccc2[N+](=O)[O-])C1. The molecule has 1 aliphatic heterocycles. The standard InChI is InChI=1S/C12H13BrN2O5/c1-20-8-5-11(12(16)17)14(6-8)10-4-7(13)2-3-9(10)15(18)19/h2-4,8,11H,5-6H2,1H3,(H,16,17). The van der Waals surface area contributed by atoms with Gasteiger partial charge in [0.2, 0.25) is 0 Å². The molecule has 0 aromatic heterocycles. The van der Waals surface area contributed by atoms with E-state index in [0.29, 0.717) is 17.4 Å². The Hall–Kier alpha value is -1.67. The van der Waals surface area contributed by atoms with Crippen molar-refractivity contribution in [2.24, 2.45) is 0 Å². The zero-order chi connectivity index (χ0) is 14.9. The molecule has 1 aliphatic rings. The molecule has 1 saturated heterocycles. The third-order valence-electron chi connectivity index (χ3n) is 3.32. The normalized spacial score (nSPS) is 22.0. The van der Waals surface area contributed by atoms with E-state index < -0.39 is 16.9 Å². The molecule has 2 rings (SSSR count). The first-order chi connectivity index (χ1) is 9.43. The van der Waals surface area contributed by atoms with Crippen LogP contribution in [0.4, 0.5) is 11.4 Å². The summed E-state index contributed by atoms with van der Waals surface area (Å²) in [5.41, 5.74) is 0.174. The van der Waals surface area contributed by atoms with Crippen LogP contribution >= 0.6 is 15.9 Å². The van der Waals surface area contributed by atoms with Gasteiger partial charge < -0.3 is 14.7 Å². The van der Waals surface area contributed by atoms with Gasteiger partial charge in [0.05, 0.1) is 11.0 Å². The first-order valence-corrected chi connectivity index (χ1v) is 6.69. The van der Waals surface area contributed by atoms with Gasteiger partial charge >= 0.3 is 5.97 Å². The largest absolute Gasteiger partial charge is 0.480 e. The molecule has 7 nitrogen and oxygen atoms in total. The summed E-state index contributed by atoms with van der Waals surface area (Å²) in [6, 6.07) is 3.65. The molecule has 0 aliphatic carbocycles. The Kier molecular flexibility index (Phi) is 4.24. The molecule has 0 amide bonds. The summed E-state index contributed by atoms with van der Waals surface area (Å²) in [5.74, 6) is -1.01. The van der Waals surface area contributed by atoms with Gasteiger partial charge in [-0.2, -0.15) is 0 Å². The first kappa shape index (κ1) is 14.7. The summed E-state index contributed by atoms with van der Waals surface area (Å²) in [7, 11) is 1.50. The highest BCUT2D eigenvalue weighted by Gasteiger charge is 2.39. The summed E-state index contributed by atoms with van der Waals surface area (Å²) in [5, 5.41) is 20.4. The number of carbonyl (C=O) groups is 1. The van der Waals surface area contributed by atoms with E-state index in [2.05, 4.69) is 15.9 Å². The number of halogens is 1. The van der Waals surface area contributed by atoms with Crippen molar-refractivity contribution in [1.29, 1.82) is 0 Å². The fourth-order valence-electron chi connectivity index (χ4n) is 2.35. The molecule has 8 heteroatoms. The molecule has 1 aromatic rings. The number of aliphatic carboxylic acids is 1. The lowest BCUT2D eigenvalue weighted by Gasteiger charge is -2.23. The van der Waals surface area contributed by atoms with E-state index in [9.17, 15) is 20.0 Å². The Morgan fingerprint density at radius 1 is 1.60 bits per heavy atom. The van der Waals surface area contributed by atoms with Crippen LogP contribution in [0.3, 0.4) is 0 Å². The summed E-state index contributed by atoms with van der Waals surface area (Å²) in [6.07, 6.45) is 0.0462. The number of carboxylic acid groups (broad SMARTS) is 1. The van der Waals surface area contributed by atoms with Gasteiger partial charge in [-0.3, -0.25) is 10.1 Å². The fraction of sp³-hybridized carbons (Fsp3) is 0.417. The number of nitrogens with zero attached hydrogens (tertiary/aromatic N) is 2. The number of hydrogen-bond acceptors (Lipinski definition) is 5. The molecule has 0 saturated carbocycles. The second kappa shape index (κ2) is 5.76. The van der Waals surface area contributed by atoms with Crippen molar-refractivity contribution in [2.75, 3.05) is 18.6 Å². The Balaban J connectivity index is 2.45. The number of methoxy groups -OCH3 is 1. The van der Waals surface area contributed by atoms with E-state index in [-0.39, 0.29) is 17.5 Å². The van der Waals surface area contributed by atoms with E-state index >= 15 is 0 Å². The van der Waals surface area contributed by atoms with Crippen molar-refractivity contribution in [3.8, 4) is 0 Å². The molecule has 1 aromatic carbocycles. The Morgan fingerprint density at radius 2 is 2.30 bits per heavy atom. The van der Waals surface area contributed by atoms with Gasteiger partial charge in [0.15, 0.2) is 0 Å². The fourth-order valence-corrected chi connectivity index (χ4v) is 2.70. The third-order valence-corrected chi connectivity index (χ3v) is 3.82. The number of anilines is 1. The zero-order valence-corrected chi connectivity index (χ0v) is 12.2. The topological polar surface area (TPSA) is 92.9 Å². The predicted octanol–water partition coefficient (Wildman–Crippen LogP) is 2.04. The number of carboxylic acids is 1. The summed E-state index contributed by atoms with van der Waals surface area (Å²) in [6.45, 7) is 0.310. The lowest BCUT2D eigenvalue weighted by Crippen LogP contribution is -2.36. The zero-order valence-electron chi connectivity index (χ0n) is 10.7. The molecule has 1 heterocycles. The van der Waals surface area contributed by atoms with Crippen LogP contribution in [0.25, 0.3) is 0 Å². The molecule has 0 bridgehead atoms. The Labute approximate surface area is 123 Å².